The molecule has 0 fully saturated rings. The van der Waals surface area contributed by atoms with Gasteiger partial charge in [-0.2, -0.15) is 12.7 Å². The Morgan fingerprint density at radius 1 is 1.38 bits per heavy atom. The average Bonchev–Trinajstić information content (AvgIpc) is 2.63. The van der Waals surface area contributed by atoms with Crippen LogP contribution < -0.4 is 10.0 Å². The maximum Gasteiger partial charge on any atom is 0.303 e. The molecule has 16 heavy (non-hydrogen) atoms. The van der Waals surface area contributed by atoms with Crippen molar-refractivity contribution in [2.75, 3.05) is 30.7 Å². The standard InChI is InChI=1S/C10H15N3O2S/c1-12(2)16(14,15)13-7-6-8-9(11)4-3-5-10(8)13/h3-5H,6-7,11H2,1-2H3. The summed E-state index contributed by atoms with van der Waals surface area (Å²) in [6.07, 6.45) is 0.676. The number of fused-ring (bicyclic) bond motifs is 1. The van der Waals surface area contributed by atoms with Crippen molar-refractivity contribution in [3.8, 4) is 0 Å². The summed E-state index contributed by atoms with van der Waals surface area (Å²) in [5.41, 5.74) is 8.11. The van der Waals surface area contributed by atoms with Crippen molar-refractivity contribution in [3.63, 3.8) is 0 Å². The van der Waals surface area contributed by atoms with Gasteiger partial charge in [-0.25, -0.2) is 0 Å². The van der Waals surface area contributed by atoms with E-state index in [0.29, 0.717) is 24.3 Å². The molecule has 0 radical (unpaired) electrons. The zero-order valence-electron chi connectivity index (χ0n) is 9.34. The van der Waals surface area contributed by atoms with Crippen LogP contribution in [0.2, 0.25) is 0 Å². The first kappa shape index (κ1) is 11.2. The smallest absolute Gasteiger partial charge is 0.303 e. The molecule has 1 aromatic carbocycles. The highest BCUT2D eigenvalue weighted by atomic mass is 32.2. The van der Waals surface area contributed by atoms with Gasteiger partial charge in [-0.05, 0) is 18.6 Å². The van der Waals surface area contributed by atoms with Crippen molar-refractivity contribution in [2.24, 2.45) is 0 Å². The number of rotatable bonds is 2. The number of anilines is 2. The number of hydrogen-bond donors (Lipinski definition) is 1. The van der Waals surface area contributed by atoms with Gasteiger partial charge in [0.25, 0.3) is 0 Å². The van der Waals surface area contributed by atoms with Gasteiger partial charge in [0, 0.05) is 31.9 Å². The van der Waals surface area contributed by atoms with Gasteiger partial charge in [0.1, 0.15) is 0 Å². The minimum Gasteiger partial charge on any atom is -0.398 e. The fraction of sp³-hybridized carbons (Fsp3) is 0.400. The Morgan fingerprint density at radius 2 is 2.06 bits per heavy atom. The van der Waals surface area contributed by atoms with E-state index in [1.54, 1.807) is 18.2 Å². The molecule has 0 atom stereocenters. The lowest BCUT2D eigenvalue weighted by molar-refractivity contribution is 0.517. The first-order chi connectivity index (χ1) is 7.44. The molecule has 0 saturated heterocycles. The van der Waals surface area contributed by atoms with Crippen LogP contribution in [0, 0.1) is 0 Å². The monoisotopic (exact) mass is 241 g/mol. The topological polar surface area (TPSA) is 66.6 Å². The Bertz CT molecular complexity index is 511. The second-order valence-electron chi connectivity index (χ2n) is 3.96. The molecule has 0 aromatic heterocycles. The Labute approximate surface area is 95.6 Å². The minimum atomic E-state index is -3.40. The molecule has 1 aliphatic heterocycles. The van der Waals surface area contributed by atoms with Crippen LogP contribution in [0.1, 0.15) is 5.56 Å². The zero-order chi connectivity index (χ0) is 11.9. The molecule has 0 saturated carbocycles. The molecule has 1 aliphatic rings. The molecule has 1 aromatic rings. The highest BCUT2D eigenvalue weighted by Crippen LogP contribution is 2.34. The number of nitrogens with two attached hydrogens (primary N) is 1. The first-order valence-electron chi connectivity index (χ1n) is 5.02. The summed E-state index contributed by atoms with van der Waals surface area (Å²) in [7, 11) is -0.341. The molecular formula is C10H15N3O2S. The summed E-state index contributed by atoms with van der Waals surface area (Å²) in [6, 6.07) is 5.36. The largest absolute Gasteiger partial charge is 0.398 e. The van der Waals surface area contributed by atoms with Gasteiger partial charge in [-0.3, -0.25) is 4.31 Å². The van der Waals surface area contributed by atoms with E-state index in [1.165, 1.54) is 22.7 Å². The Kier molecular flexibility index (Phi) is 2.55. The fourth-order valence-corrected chi connectivity index (χ4v) is 3.00. The van der Waals surface area contributed by atoms with Gasteiger partial charge in [-0.15, -0.1) is 0 Å². The van der Waals surface area contributed by atoms with Gasteiger partial charge in [0.05, 0.1) is 5.69 Å². The van der Waals surface area contributed by atoms with Crippen molar-refractivity contribution >= 4 is 21.6 Å². The molecule has 88 valence electrons. The van der Waals surface area contributed by atoms with Crippen LogP contribution in [-0.2, 0) is 16.6 Å². The van der Waals surface area contributed by atoms with Crippen LogP contribution in [-0.4, -0.2) is 33.4 Å². The molecule has 2 N–H and O–H groups in total. The molecule has 2 rings (SSSR count). The van der Waals surface area contributed by atoms with Crippen LogP contribution in [0.3, 0.4) is 0 Å². The van der Waals surface area contributed by atoms with Crippen LogP contribution in [0.15, 0.2) is 18.2 Å². The quantitative estimate of drug-likeness (QED) is 0.764. The zero-order valence-corrected chi connectivity index (χ0v) is 10.2. The lowest BCUT2D eigenvalue weighted by atomic mass is 10.1. The van der Waals surface area contributed by atoms with Crippen LogP contribution >= 0.6 is 0 Å². The van der Waals surface area contributed by atoms with Gasteiger partial charge in [0.2, 0.25) is 0 Å². The summed E-state index contributed by atoms with van der Waals surface area (Å²) >= 11 is 0. The minimum absolute atomic E-state index is 0.462. The van der Waals surface area contributed by atoms with Crippen molar-refractivity contribution in [2.45, 2.75) is 6.42 Å². The summed E-state index contributed by atoms with van der Waals surface area (Å²) in [4.78, 5) is 0. The second-order valence-corrected chi connectivity index (χ2v) is 6.02. The number of nitrogen functional groups attached to an aromatic ring is 1. The van der Waals surface area contributed by atoms with Crippen LogP contribution in [0.4, 0.5) is 11.4 Å². The number of hydrogen-bond acceptors (Lipinski definition) is 3. The van der Waals surface area contributed by atoms with Crippen molar-refractivity contribution in [1.29, 1.82) is 0 Å². The highest BCUT2D eigenvalue weighted by Gasteiger charge is 2.31. The third-order valence-corrected chi connectivity index (χ3v) is 4.62. The first-order valence-corrected chi connectivity index (χ1v) is 6.42. The van der Waals surface area contributed by atoms with Gasteiger partial charge < -0.3 is 5.73 Å². The molecule has 6 heteroatoms. The molecule has 0 unspecified atom stereocenters. The maximum absolute atomic E-state index is 12.0. The van der Waals surface area contributed by atoms with E-state index in [1.807, 2.05) is 0 Å². The van der Waals surface area contributed by atoms with Crippen molar-refractivity contribution < 1.29 is 8.42 Å². The molecule has 0 bridgehead atoms. The van der Waals surface area contributed by atoms with E-state index >= 15 is 0 Å². The Morgan fingerprint density at radius 3 is 2.69 bits per heavy atom. The highest BCUT2D eigenvalue weighted by molar-refractivity contribution is 7.90. The third-order valence-electron chi connectivity index (χ3n) is 2.76. The van der Waals surface area contributed by atoms with Crippen molar-refractivity contribution in [1.82, 2.24) is 4.31 Å². The fourth-order valence-electron chi connectivity index (χ4n) is 1.87. The molecular weight excluding hydrogens is 226 g/mol. The van der Waals surface area contributed by atoms with E-state index < -0.39 is 10.2 Å². The van der Waals surface area contributed by atoms with Crippen LogP contribution in [0.5, 0.6) is 0 Å². The molecule has 0 aliphatic carbocycles. The van der Waals surface area contributed by atoms with Gasteiger partial charge in [0.15, 0.2) is 0 Å². The predicted molar refractivity (Wildman–Crippen MR) is 64.5 cm³/mol. The molecule has 0 spiro atoms. The van der Waals surface area contributed by atoms with E-state index in [9.17, 15) is 8.42 Å². The molecule has 0 amide bonds. The maximum atomic E-state index is 12.0. The van der Waals surface area contributed by atoms with Gasteiger partial charge in [-0.1, -0.05) is 6.07 Å². The van der Waals surface area contributed by atoms with E-state index in [4.69, 9.17) is 5.73 Å². The molecule has 1 heterocycles. The number of nitrogens with zero attached hydrogens (tertiary/aromatic N) is 2. The summed E-state index contributed by atoms with van der Waals surface area (Å²) in [6.45, 7) is 0.462. The average molecular weight is 241 g/mol. The van der Waals surface area contributed by atoms with E-state index in [0.717, 1.165) is 5.56 Å². The SMILES string of the molecule is CN(C)S(=O)(=O)N1CCc2c(N)cccc21. The van der Waals surface area contributed by atoms with Crippen molar-refractivity contribution in [3.05, 3.63) is 23.8 Å². The predicted octanol–water partition coefficient (Wildman–Crippen LogP) is 0.438. The molecule has 5 nitrogen and oxygen atoms in total. The lowest BCUT2D eigenvalue weighted by Crippen LogP contribution is -2.38. The van der Waals surface area contributed by atoms with E-state index in [-0.39, 0.29) is 0 Å². The number of benzene rings is 1. The summed E-state index contributed by atoms with van der Waals surface area (Å²) in [5, 5.41) is 0. The van der Waals surface area contributed by atoms with Gasteiger partial charge >= 0.3 is 10.2 Å². The third kappa shape index (κ3) is 1.54. The normalized spacial score (nSPS) is 15.6. The summed E-state index contributed by atoms with van der Waals surface area (Å²) < 4.78 is 26.7. The summed E-state index contributed by atoms with van der Waals surface area (Å²) in [5.74, 6) is 0. The Hall–Kier alpha value is -1.27. The lowest BCUT2D eigenvalue weighted by Gasteiger charge is -2.23. The second kappa shape index (κ2) is 3.64. The van der Waals surface area contributed by atoms with Crippen LogP contribution in [0.25, 0.3) is 0 Å². The van der Waals surface area contributed by atoms with E-state index in [2.05, 4.69) is 0 Å². The Balaban J connectivity index is 2.50.